The SMILES string of the molecule is CNc1cc(-c2cnc3n[nH]nc3c2)c2cc[nH]c2n1. The van der Waals surface area contributed by atoms with Gasteiger partial charge in [0.25, 0.3) is 0 Å². The molecular formula is C13H11N7. The van der Waals surface area contributed by atoms with Crippen molar-refractivity contribution in [2.75, 3.05) is 12.4 Å². The van der Waals surface area contributed by atoms with Crippen molar-refractivity contribution < 1.29 is 0 Å². The topological polar surface area (TPSA) is 95.2 Å². The van der Waals surface area contributed by atoms with Gasteiger partial charge in [0.2, 0.25) is 5.65 Å². The average molecular weight is 265 g/mol. The fourth-order valence-electron chi connectivity index (χ4n) is 2.29. The minimum Gasteiger partial charge on any atom is -0.373 e. The van der Waals surface area contributed by atoms with Crippen molar-refractivity contribution in [3.63, 3.8) is 0 Å². The van der Waals surface area contributed by atoms with Crippen molar-refractivity contribution in [3.8, 4) is 11.1 Å². The molecule has 0 atom stereocenters. The number of nitrogens with zero attached hydrogens (tertiary/aromatic N) is 4. The number of pyridine rings is 2. The summed E-state index contributed by atoms with van der Waals surface area (Å²) in [6.45, 7) is 0. The van der Waals surface area contributed by atoms with E-state index >= 15 is 0 Å². The van der Waals surface area contributed by atoms with Gasteiger partial charge >= 0.3 is 0 Å². The molecule has 4 rings (SSSR count). The second-order valence-corrected chi connectivity index (χ2v) is 4.44. The maximum absolute atomic E-state index is 4.47. The van der Waals surface area contributed by atoms with Crippen LogP contribution < -0.4 is 5.32 Å². The third-order valence-corrected chi connectivity index (χ3v) is 3.27. The van der Waals surface area contributed by atoms with E-state index in [0.717, 1.165) is 33.5 Å². The molecular weight excluding hydrogens is 254 g/mol. The first-order chi connectivity index (χ1) is 9.85. The molecule has 0 aliphatic heterocycles. The fraction of sp³-hybridized carbons (Fsp3) is 0.0769. The molecule has 4 aromatic heterocycles. The first-order valence-corrected chi connectivity index (χ1v) is 6.18. The van der Waals surface area contributed by atoms with Gasteiger partial charge in [-0.2, -0.15) is 10.3 Å². The Morgan fingerprint density at radius 2 is 2.15 bits per heavy atom. The molecule has 0 aliphatic rings. The number of nitrogens with one attached hydrogen (secondary N) is 3. The van der Waals surface area contributed by atoms with Crippen molar-refractivity contribution >= 4 is 28.0 Å². The molecule has 0 fully saturated rings. The van der Waals surface area contributed by atoms with E-state index in [9.17, 15) is 0 Å². The van der Waals surface area contributed by atoms with Gasteiger partial charge in [-0.3, -0.25) is 0 Å². The Bertz CT molecular complexity index is 905. The minimum absolute atomic E-state index is 0.613. The predicted octanol–water partition coefficient (Wildman–Crippen LogP) is 1.94. The molecule has 0 bridgehead atoms. The molecule has 7 nitrogen and oxygen atoms in total. The first kappa shape index (κ1) is 10.9. The fourth-order valence-corrected chi connectivity index (χ4v) is 2.29. The van der Waals surface area contributed by atoms with Gasteiger partial charge in [-0.05, 0) is 23.8 Å². The Hall–Kier alpha value is -2.96. The van der Waals surface area contributed by atoms with Crippen molar-refractivity contribution in [2.45, 2.75) is 0 Å². The van der Waals surface area contributed by atoms with Crippen molar-refractivity contribution in [3.05, 3.63) is 30.6 Å². The van der Waals surface area contributed by atoms with Crippen LogP contribution in [0, 0.1) is 0 Å². The van der Waals surface area contributed by atoms with E-state index in [1.54, 1.807) is 6.20 Å². The Balaban J connectivity index is 2.01. The number of fused-ring (bicyclic) bond motifs is 2. The van der Waals surface area contributed by atoms with E-state index in [2.05, 4.69) is 35.7 Å². The van der Waals surface area contributed by atoms with E-state index in [4.69, 9.17) is 0 Å². The molecule has 4 heterocycles. The Morgan fingerprint density at radius 3 is 3.05 bits per heavy atom. The highest BCUT2D eigenvalue weighted by Crippen LogP contribution is 2.30. The molecule has 7 heteroatoms. The zero-order valence-electron chi connectivity index (χ0n) is 10.7. The van der Waals surface area contributed by atoms with Crippen LogP contribution in [0.2, 0.25) is 0 Å². The summed E-state index contributed by atoms with van der Waals surface area (Å²) in [7, 11) is 1.85. The molecule has 0 saturated heterocycles. The summed E-state index contributed by atoms with van der Waals surface area (Å²) in [5.74, 6) is 0.801. The molecule has 0 aliphatic carbocycles. The highest BCUT2D eigenvalue weighted by molar-refractivity contribution is 5.95. The summed E-state index contributed by atoms with van der Waals surface area (Å²) in [5, 5.41) is 14.7. The Morgan fingerprint density at radius 1 is 1.20 bits per heavy atom. The zero-order chi connectivity index (χ0) is 13.5. The van der Waals surface area contributed by atoms with Crippen LogP contribution >= 0.6 is 0 Å². The van der Waals surface area contributed by atoms with Gasteiger partial charge in [0.1, 0.15) is 17.0 Å². The quantitative estimate of drug-likeness (QED) is 0.515. The molecule has 98 valence electrons. The van der Waals surface area contributed by atoms with Gasteiger partial charge in [-0.15, -0.1) is 5.10 Å². The van der Waals surface area contributed by atoms with E-state index in [1.165, 1.54) is 0 Å². The van der Waals surface area contributed by atoms with Crippen LogP contribution in [0.25, 0.3) is 33.3 Å². The molecule has 0 amide bonds. The lowest BCUT2D eigenvalue weighted by Crippen LogP contribution is -1.94. The summed E-state index contributed by atoms with van der Waals surface area (Å²) in [6.07, 6.45) is 3.68. The monoisotopic (exact) mass is 265 g/mol. The third-order valence-electron chi connectivity index (χ3n) is 3.27. The first-order valence-electron chi connectivity index (χ1n) is 6.18. The second kappa shape index (κ2) is 4.02. The minimum atomic E-state index is 0.613. The number of hydrogen-bond acceptors (Lipinski definition) is 5. The van der Waals surface area contributed by atoms with Crippen LogP contribution in [0.3, 0.4) is 0 Å². The second-order valence-electron chi connectivity index (χ2n) is 4.44. The van der Waals surface area contributed by atoms with E-state index in [-0.39, 0.29) is 0 Å². The summed E-state index contributed by atoms with van der Waals surface area (Å²) in [6, 6.07) is 5.97. The lowest BCUT2D eigenvalue weighted by molar-refractivity contribution is 0.954. The molecule has 0 unspecified atom stereocenters. The smallest absolute Gasteiger partial charge is 0.201 e. The summed E-state index contributed by atoms with van der Waals surface area (Å²) >= 11 is 0. The highest BCUT2D eigenvalue weighted by atomic mass is 15.3. The summed E-state index contributed by atoms with van der Waals surface area (Å²) < 4.78 is 0. The largest absolute Gasteiger partial charge is 0.373 e. The van der Waals surface area contributed by atoms with Gasteiger partial charge in [0.05, 0.1) is 0 Å². The van der Waals surface area contributed by atoms with Crippen LogP contribution in [-0.2, 0) is 0 Å². The normalized spacial score (nSPS) is 11.2. The lowest BCUT2D eigenvalue weighted by Gasteiger charge is -2.06. The van der Waals surface area contributed by atoms with Crippen LogP contribution in [0.4, 0.5) is 5.82 Å². The van der Waals surface area contributed by atoms with E-state index < -0.39 is 0 Å². The van der Waals surface area contributed by atoms with Gasteiger partial charge in [0, 0.05) is 30.4 Å². The highest BCUT2D eigenvalue weighted by Gasteiger charge is 2.10. The van der Waals surface area contributed by atoms with Gasteiger partial charge in [-0.25, -0.2) is 9.97 Å². The van der Waals surface area contributed by atoms with Gasteiger partial charge in [0.15, 0.2) is 0 Å². The number of anilines is 1. The summed E-state index contributed by atoms with van der Waals surface area (Å²) in [4.78, 5) is 11.9. The summed E-state index contributed by atoms with van der Waals surface area (Å²) in [5.41, 5.74) is 4.23. The van der Waals surface area contributed by atoms with Crippen LogP contribution in [-0.4, -0.2) is 37.4 Å². The lowest BCUT2D eigenvalue weighted by atomic mass is 10.1. The predicted molar refractivity (Wildman–Crippen MR) is 76.3 cm³/mol. The number of aromatic amines is 2. The zero-order valence-corrected chi connectivity index (χ0v) is 10.7. The maximum atomic E-state index is 4.47. The standard InChI is InChI=1S/C13H11N7/c1-14-11-5-9(8-2-3-15-12(8)17-11)7-4-10-13(16-6-7)19-20-18-10/h2-6H,1H3,(H2,14,15,17)(H,16,18,19,20). The van der Waals surface area contributed by atoms with Gasteiger partial charge in [-0.1, -0.05) is 0 Å². The van der Waals surface area contributed by atoms with Crippen molar-refractivity contribution in [1.29, 1.82) is 0 Å². The Kier molecular flexibility index (Phi) is 2.19. The van der Waals surface area contributed by atoms with E-state index in [0.29, 0.717) is 5.65 Å². The van der Waals surface area contributed by atoms with Crippen molar-refractivity contribution in [2.24, 2.45) is 0 Å². The Labute approximate surface area is 113 Å². The van der Waals surface area contributed by atoms with E-state index in [1.807, 2.05) is 31.4 Å². The van der Waals surface area contributed by atoms with Crippen LogP contribution in [0.15, 0.2) is 30.6 Å². The van der Waals surface area contributed by atoms with Crippen LogP contribution in [0.5, 0.6) is 0 Å². The molecule has 0 saturated carbocycles. The molecule has 0 aromatic carbocycles. The van der Waals surface area contributed by atoms with Crippen molar-refractivity contribution in [1.82, 2.24) is 30.4 Å². The number of aromatic nitrogens is 6. The molecule has 0 spiro atoms. The third kappa shape index (κ3) is 1.53. The van der Waals surface area contributed by atoms with Gasteiger partial charge < -0.3 is 10.3 Å². The number of H-pyrrole nitrogens is 2. The number of hydrogen-bond donors (Lipinski definition) is 3. The molecule has 3 N–H and O–H groups in total. The average Bonchev–Trinajstić information content (AvgIpc) is 3.13. The van der Waals surface area contributed by atoms with Crippen LogP contribution in [0.1, 0.15) is 0 Å². The molecule has 20 heavy (non-hydrogen) atoms. The molecule has 0 radical (unpaired) electrons. The molecule has 4 aromatic rings. The number of rotatable bonds is 2. The maximum Gasteiger partial charge on any atom is 0.201 e.